The van der Waals surface area contributed by atoms with Crippen molar-refractivity contribution in [3.05, 3.63) is 22.2 Å². The smallest absolute Gasteiger partial charge is 0.172 e. The molecular weight excluding hydrogens is 248 g/mol. The molecule has 0 aliphatic heterocycles. The van der Waals surface area contributed by atoms with Crippen LogP contribution in [-0.4, -0.2) is 18.1 Å². The minimum Gasteiger partial charge on any atom is -0.503 e. The molecule has 1 aromatic carbocycles. The van der Waals surface area contributed by atoms with Crippen molar-refractivity contribution in [3.8, 4) is 11.5 Å². The average Bonchev–Trinajstić information content (AvgIpc) is 2.13. The number of phenols is 1. The predicted octanol–water partition coefficient (Wildman–Crippen LogP) is 1.64. The summed E-state index contributed by atoms with van der Waals surface area (Å²) in [4.78, 5) is 0. The number of benzene rings is 1. The molecule has 1 rings (SSSR count). The number of aromatic hydroxyl groups is 1. The fraction of sp³-hybridized carbons (Fsp3) is 0.222. The van der Waals surface area contributed by atoms with Crippen molar-refractivity contribution < 1.29 is 9.84 Å². The second kappa shape index (κ2) is 4.32. The van der Waals surface area contributed by atoms with Gasteiger partial charge in [0.1, 0.15) is 0 Å². The first-order chi connectivity index (χ1) is 6.56. The van der Waals surface area contributed by atoms with E-state index in [1.807, 2.05) is 0 Å². The lowest BCUT2D eigenvalue weighted by molar-refractivity contribution is 0.371. The van der Waals surface area contributed by atoms with Gasteiger partial charge < -0.3 is 15.6 Å². The van der Waals surface area contributed by atoms with Crippen molar-refractivity contribution in [2.75, 3.05) is 7.11 Å². The standard InChI is InChI=1S/C9H11BrN2O2/c1-14-6-3-2-5(4-7(11)12)8(10)9(6)13/h2-3,13H,4H2,1H3,(H3,11,12). The average molecular weight is 259 g/mol. The minimum atomic E-state index is 0.0336. The van der Waals surface area contributed by atoms with Crippen LogP contribution in [0.15, 0.2) is 16.6 Å². The van der Waals surface area contributed by atoms with E-state index in [2.05, 4.69) is 15.9 Å². The maximum atomic E-state index is 9.61. The van der Waals surface area contributed by atoms with Crippen LogP contribution < -0.4 is 10.5 Å². The third kappa shape index (κ3) is 2.17. The summed E-state index contributed by atoms with van der Waals surface area (Å²) < 4.78 is 5.44. The highest BCUT2D eigenvalue weighted by atomic mass is 79.9. The van der Waals surface area contributed by atoms with Gasteiger partial charge in [0, 0.05) is 6.42 Å². The third-order valence-corrected chi connectivity index (χ3v) is 2.64. The van der Waals surface area contributed by atoms with E-state index in [1.165, 1.54) is 7.11 Å². The number of rotatable bonds is 3. The highest BCUT2D eigenvalue weighted by molar-refractivity contribution is 9.10. The van der Waals surface area contributed by atoms with Gasteiger partial charge in [-0.25, -0.2) is 0 Å². The molecular formula is C9H11BrN2O2. The van der Waals surface area contributed by atoms with Crippen LogP contribution in [0.2, 0.25) is 0 Å². The lowest BCUT2D eigenvalue weighted by atomic mass is 10.1. The van der Waals surface area contributed by atoms with Crippen molar-refractivity contribution in [1.82, 2.24) is 0 Å². The molecule has 0 aliphatic carbocycles. The first-order valence-corrected chi connectivity index (χ1v) is 4.72. The minimum absolute atomic E-state index is 0.0336. The van der Waals surface area contributed by atoms with E-state index in [-0.39, 0.29) is 11.6 Å². The molecule has 0 atom stereocenters. The zero-order valence-electron chi connectivity index (χ0n) is 7.67. The van der Waals surface area contributed by atoms with Crippen LogP contribution >= 0.6 is 15.9 Å². The molecule has 0 unspecified atom stereocenters. The van der Waals surface area contributed by atoms with E-state index < -0.39 is 0 Å². The van der Waals surface area contributed by atoms with Crippen LogP contribution in [0.3, 0.4) is 0 Å². The van der Waals surface area contributed by atoms with E-state index in [9.17, 15) is 5.11 Å². The van der Waals surface area contributed by atoms with Crippen LogP contribution in [-0.2, 0) is 6.42 Å². The van der Waals surface area contributed by atoms with E-state index >= 15 is 0 Å². The summed E-state index contributed by atoms with van der Waals surface area (Å²) in [5.74, 6) is 0.477. The number of nitrogens with one attached hydrogen (secondary N) is 1. The van der Waals surface area contributed by atoms with Crippen LogP contribution in [0.5, 0.6) is 11.5 Å². The molecule has 0 saturated heterocycles. The zero-order chi connectivity index (χ0) is 10.7. The highest BCUT2D eigenvalue weighted by Crippen LogP contribution is 2.36. The molecule has 0 saturated carbocycles. The summed E-state index contributed by atoms with van der Waals surface area (Å²) in [6, 6.07) is 3.39. The van der Waals surface area contributed by atoms with E-state index in [0.29, 0.717) is 16.6 Å². The van der Waals surface area contributed by atoms with Gasteiger partial charge in [0.05, 0.1) is 17.4 Å². The highest BCUT2D eigenvalue weighted by Gasteiger charge is 2.10. The summed E-state index contributed by atoms with van der Waals surface area (Å²) >= 11 is 3.22. The Morgan fingerprint density at radius 2 is 2.29 bits per heavy atom. The van der Waals surface area contributed by atoms with Gasteiger partial charge in [-0.2, -0.15) is 0 Å². The van der Waals surface area contributed by atoms with E-state index in [4.69, 9.17) is 15.9 Å². The molecule has 0 aromatic heterocycles. The molecule has 0 radical (unpaired) electrons. The van der Waals surface area contributed by atoms with Crippen molar-refractivity contribution in [2.24, 2.45) is 5.73 Å². The number of hydrogen-bond donors (Lipinski definition) is 3. The Bertz CT molecular complexity index is 366. The molecule has 76 valence electrons. The maximum absolute atomic E-state index is 9.61. The van der Waals surface area contributed by atoms with Gasteiger partial charge >= 0.3 is 0 Å². The summed E-state index contributed by atoms with van der Waals surface area (Å²) in [7, 11) is 1.48. The number of amidine groups is 1. The molecule has 0 bridgehead atoms. The van der Waals surface area contributed by atoms with Gasteiger partial charge in [-0.1, -0.05) is 6.07 Å². The number of phenolic OH excluding ortho intramolecular Hbond substituents is 1. The maximum Gasteiger partial charge on any atom is 0.172 e. The number of ether oxygens (including phenoxy) is 1. The van der Waals surface area contributed by atoms with Gasteiger partial charge in [-0.05, 0) is 27.6 Å². The molecule has 0 spiro atoms. The molecule has 1 aromatic rings. The number of hydrogen-bond acceptors (Lipinski definition) is 3. The number of halogens is 1. The monoisotopic (exact) mass is 258 g/mol. The summed E-state index contributed by atoms with van der Waals surface area (Å²) in [5, 5.41) is 16.7. The molecule has 0 aliphatic rings. The molecule has 0 heterocycles. The van der Waals surface area contributed by atoms with Crippen molar-refractivity contribution in [1.29, 1.82) is 5.41 Å². The number of methoxy groups -OCH3 is 1. The lowest BCUT2D eigenvalue weighted by Gasteiger charge is -2.08. The second-order valence-electron chi connectivity index (χ2n) is 2.79. The summed E-state index contributed by atoms with van der Waals surface area (Å²) in [6.45, 7) is 0. The Kier molecular flexibility index (Phi) is 3.35. The topological polar surface area (TPSA) is 79.3 Å². The summed E-state index contributed by atoms with van der Waals surface area (Å²) in [6.07, 6.45) is 0.304. The quantitative estimate of drug-likeness (QED) is 0.570. The molecule has 0 amide bonds. The van der Waals surface area contributed by atoms with Gasteiger partial charge in [0.25, 0.3) is 0 Å². The second-order valence-corrected chi connectivity index (χ2v) is 3.58. The molecule has 5 heteroatoms. The first kappa shape index (κ1) is 10.8. The van der Waals surface area contributed by atoms with Crippen LogP contribution in [0.1, 0.15) is 5.56 Å². The van der Waals surface area contributed by atoms with Gasteiger partial charge in [0.15, 0.2) is 11.5 Å². The van der Waals surface area contributed by atoms with Crippen LogP contribution in [0.25, 0.3) is 0 Å². The fourth-order valence-electron chi connectivity index (χ4n) is 1.10. The zero-order valence-corrected chi connectivity index (χ0v) is 9.26. The van der Waals surface area contributed by atoms with E-state index in [0.717, 1.165) is 5.56 Å². The Labute approximate surface area is 90.3 Å². The Hall–Kier alpha value is -1.23. The van der Waals surface area contributed by atoms with E-state index in [1.54, 1.807) is 12.1 Å². The normalized spacial score (nSPS) is 9.86. The predicted molar refractivity (Wildman–Crippen MR) is 58.0 cm³/mol. The largest absolute Gasteiger partial charge is 0.503 e. The molecule has 0 fully saturated rings. The van der Waals surface area contributed by atoms with Crippen LogP contribution in [0, 0.1) is 5.41 Å². The van der Waals surface area contributed by atoms with Crippen molar-refractivity contribution in [3.63, 3.8) is 0 Å². The fourth-order valence-corrected chi connectivity index (χ4v) is 1.56. The SMILES string of the molecule is COc1ccc(CC(=N)N)c(Br)c1O. The van der Waals surface area contributed by atoms with Gasteiger partial charge in [-0.15, -0.1) is 0 Å². The molecule has 14 heavy (non-hydrogen) atoms. The van der Waals surface area contributed by atoms with Crippen LogP contribution in [0.4, 0.5) is 0 Å². The Morgan fingerprint density at radius 3 is 2.79 bits per heavy atom. The summed E-state index contributed by atoms with van der Waals surface area (Å²) in [5.41, 5.74) is 6.02. The Morgan fingerprint density at radius 1 is 1.64 bits per heavy atom. The van der Waals surface area contributed by atoms with Gasteiger partial charge in [-0.3, -0.25) is 5.41 Å². The lowest BCUT2D eigenvalue weighted by Crippen LogP contribution is -2.13. The Balaban J connectivity index is 3.10. The van der Waals surface area contributed by atoms with Crippen molar-refractivity contribution >= 4 is 21.8 Å². The number of nitrogens with two attached hydrogens (primary N) is 1. The van der Waals surface area contributed by atoms with Crippen molar-refractivity contribution in [2.45, 2.75) is 6.42 Å². The molecule has 4 N–H and O–H groups in total. The first-order valence-electron chi connectivity index (χ1n) is 3.93. The van der Waals surface area contributed by atoms with Gasteiger partial charge in [0.2, 0.25) is 0 Å². The molecule has 4 nitrogen and oxygen atoms in total. The third-order valence-electron chi connectivity index (χ3n) is 1.76.